The number of ether oxygens (including phenoxy) is 2. The topological polar surface area (TPSA) is 101 Å². The molecule has 0 aliphatic rings. The summed E-state index contributed by atoms with van der Waals surface area (Å²) in [7, 11) is 2.43. The zero-order valence-electron chi connectivity index (χ0n) is 11.4. The summed E-state index contributed by atoms with van der Waals surface area (Å²) in [5.74, 6) is -1.06. The summed E-state index contributed by atoms with van der Waals surface area (Å²) in [6.07, 6.45) is -0.312. The van der Waals surface area contributed by atoms with Gasteiger partial charge in [0.25, 0.3) is 0 Å². The van der Waals surface area contributed by atoms with E-state index in [0.29, 0.717) is 0 Å². The van der Waals surface area contributed by atoms with Gasteiger partial charge in [-0.3, -0.25) is 14.4 Å². The summed E-state index contributed by atoms with van der Waals surface area (Å²) >= 11 is 3.28. The van der Waals surface area contributed by atoms with Gasteiger partial charge < -0.3 is 14.9 Å². The molecule has 1 aromatic rings. The van der Waals surface area contributed by atoms with E-state index in [9.17, 15) is 14.4 Å². The fraction of sp³-hybridized carbons (Fsp3) is 0.308. The van der Waals surface area contributed by atoms with E-state index in [1.54, 1.807) is 19.1 Å². The lowest BCUT2D eigenvalue weighted by Gasteiger charge is -1.95. The highest BCUT2D eigenvalue weighted by Crippen LogP contribution is 2.10. The molecule has 0 saturated carbocycles. The molecule has 0 aromatic heterocycles. The van der Waals surface area contributed by atoms with E-state index in [0.717, 1.165) is 10.0 Å². The van der Waals surface area contributed by atoms with Crippen molar-refractivity contribution in [1.29, 1.82) is 0 Å². The second-order valence-electron chi connectivity index (χ2n) is 3.39. The van der Waals surface area contributed by atoms with Crippen molar-refractivity contribution in [1.82, 2.24) is 0 Å². The molecule has 0 heterocycles. The first kappa shape index (κ1) is 20.6. The van der Waals surface area contributed by atoms with Crippen LogP contribution in [0, 0.1) is 0 Å². The monoisotopic (exact) mass is 348 g/mol. The van der Waals surface area contributed by atoms with Crippen LogP contribution in [0.3, 0.4) is 0 Å². The van der Waals surface area contributed by atoms with Crippen LogP contribution in [0.5, 0.6) is 0 Å². The lowest BCUT2D eigenvalue weighted by Crippen LogP contribution is -2.09. The number of carbonyl (C=O) groups excluding carboxylic acids is 3. The third-order valence-electron chi connectivity index (χ3n) is 1.99. The van der Waals surface area contributed by atoms with Crippen molar-refractivity contribution in [2.24, 2.45) is 0 Å². The first-order valence-electron chi connectivity index (χ1n) is 5.30. The van der Waals surface area contributed by atoms with Gasteiger partial charge in [-0.15, -0.1) is 0 Å². The second kappa shape index (κ2) is 11.1. The van der Waals surface area contributed by atoms with Crippen molar-refractivity contribution in [3.8, 4) is 0 Å². The Bertz CT molecular complexity index is 427. The van der Waals surface area contributed by atoms with Gasteiger partial charge in [0.15, 0.2) is 5.78 Å². The van der Waals surface area contributed by atoms with E-state index < -0.39 is 11.9 Å². The molecule has 0 fully saturated rings. The highest BCUT2D eigenvalue weighted by molar-refractivity contribution is 9.10. The van der Waals surface area contributed by atoms with Gasteiger partial charge in [-0.25, -0.2) is 0 Å². The van der Waals surface area contributed by atoms with Gasteiger partial charge in [-0.05, 0) is 19.1 Å². The number of halogens is 1. The molecule has 0 radical (unpaired) electrons. The quantitative estimate of drug-likeness (QED) is 0.468. The van der Waals surface area contributed by atoms with Gasteiger partial charge in [0.05, 0.1) is 14.2 Å². The van der Waals surface area contributed by atoms with Crippen LogP contribution in [-0.4, -0.2) is 37.4 Å². The number of benzene rings is 1. The number of rotatable bonds is 3. The predicted molar refractivity (Wildman–Crippen MR) is 76.4 cm³/mol. The summed E-state index contributed by atoms with van der Waals surface area (Å²) in [5, 5.41) is 0. The molecule has 0 bridgehead atoms. The number of Topliss-reactive ketones (excluding diaryl/α,β-unsaturated/α-hetero) is 1. The van der Waals surface area contributed by atoms with E-state index in [4.69, 9.17) is 0 Å². The molecular formula is C13H17BrO6. The minimum atomic E-state index is -0.582. The van der Waals surface area contributed by atoms with E-state index in [1.165, 1.54) is 14.2 Å². The fourth-order valence-electron chi connectivity index (χ4n) is 0.947. The minimum Gasteiger partial charge on any atom is -0.469 e. The summed E-state index contributed by atoms with van der Waals surface area (Å²) in [6.45, 7) is 1.56. The van der Waals surface area contributed by atoms with Gasteiger partial charge in [0.1, 0.15) is 6.42 Å². The SMILES string of the molecule is CC(=O)c1ccc(Br)cc1.COC(=O)CC(=O)OC.O. The number of carbonyl (C=O) groups is 3. The van der Waals surface area contributed by atoms with Crippen LogP contribution in [0.4, 0.5) is 0 Å². The summed E-state index contributed by atoms with van der Waals surface area (Å²) in [4.78, 5) is 31.3. The Morgan fingerprint density at radius 3 is 1.70 bits per heavy atom. The van der Waals surface area contributed by atoms with Crippen LogP contribution >= 0.6 is 15.9 Å². The van der Waals surface area contributed by atoms with Crippen LogP contribution in [0.2, 0.25) is 0 Å². The van der Waals surface area contributed by atoms with E-state index >= 15 is 0 Å². The Balaban J connectivity index is 0. The predicted octanol–water partition coefficient (Wildman–Crippen LogP) is 1.55. The molecule has 112 valence electrons. The lowest BCUT2D eigenvalue weighted by atomic mass is 10.2. The first-order chi connectivity index (χ1) is 8.90. The molecule has 2 N–H and O–H groups in total. The molecule has 0 amide bonds. The normalized spacial score (nSPS) is 8.40. The van der Waals surface area contributed by atoms with Crippen LogP contribution in [0.1, 0.15) is 23.7 Å². The third-order valence-corrected chi connectivity index (χ3v) is 2.52. The smallest absolute Gasteiger partial charge is 0.316 e. The Morgan fingerprint density at radius 2 is 1.40 bits per heavy atom. The first-order valence-corrected chi connectivity index (χ1v) is 6.10. The minimum absolute atomic E-state index is 0. The van der Waals surface area contributed by atoms with E-state index in [2.05, 4.69) is 25.4 Å². The van der Waals surface area contributed by atoms with Gasteiger partial charge >= 0.3 is 11.9 Å². The Morgan fingerprint density at radius 1 is 1.00 bits per heavy atom. The van der Waals surface area contributed by atoms with Crippen LogP contribution in [-0.2, 0) is 19.1 Å². The van der Waals surface area contributed by atoms with Crippen molar-refractivity contribution >= 4 is 33.7 Å². The standard InChI is InChI=1S/C8H7BrO.C5H8O4.H2O/c1-6(10)7-2-4-8(9)5-3-7;1-8-4(6)3-5(7)9-2;/h2-5H,1H3;3H2,1-2H3;1H2. The highest BCUT2D eigenvalue weighted by atomic mass is 79.9. The Kier molecular flexibility index (Phi) is 11.5. The largest absolute Gasteiger partial charge is 0.469 e. The number of esters is 2. The molecule has 0 aliphatic carbocycles. The van der Waals surface area contributed by atoms with Gasteiger partial charge in [-0.1, -0.05) is 28.1 Å². The summed E-state index contributed by atoms with van der Waals surface area (Å²) in [6, 6.07) is 7.31. The van der Waals surface area contributed by atoms with Crippen LogP contribution in [0.25, 0.3) is 0 Å². The molecule has 0 aliphatic heterocycles. The molecule has 0 unspecified atom stereocenters. The van der Waals surface area contributed by atoms with Crippen molar-refractivity contribution in [2.45, 2.75) is 13.3 Å². The average Bonchev–Trinajstić information content (AvgIpc) is 2.39. The lowest BCUT2D eigenvalue weighted by molar-refractivity contribution is -0.151. The Labute approximate surface area is 125 Å². The number of methoxy groups -OCH3 is 2. The Hall–Kier alpha value is -1.73. The maximum Gasteiger partial charge on any atom is 0.316 e. The highest BCUT2D eigenvalue weighted by Gasteiger charge is 2.07. The van der Waals surface area contributed by atoms with E-state index in [1.807, 2.05) is 12.1 Å². The van der Waals surface area contributed by atoms with Crippen LogP contribution < -0.4 is 0 Å². The molecule has 20 heavy (non-hydrogen) atoms. The molecule has 1 aromatic carbocycles. The fourth-order valence-corrected chi connectivity index (χ4v) is 1.21. The van der Waals surface area contributed by atoms with Crippen molar-refractivity contribution in [3.63, 3.8) is 0 Å². The van der Waals surface area contributed by atoms with Crippen molar-refractivity contribution in [3.05, 3.63) is 34.3 Å². The van der Waals surface area contributed by atoms with Gasteiger partial charge in [0, 0.05) is 10.0 Å². The average molecular weight is 349 g/mol. The van der Waals surface area contributed by atoms with Crippen LogP contribution in [0.15, 0.2) is 28.7 Å². The number of hydrogen-bond donors (Lipinski definition) is 0. The van der Waals surface area contributed by atoms with Crippen molar-refractivity contribution in [2.75, 3.05) is 14.2 Å². The molecule has 0 spiro atoms. The summed E-state index contributed by atoms with van der Waals surface area (Å²) in [5.41, 5.74) is 0.753. The number of hydrogen-bond acceptors (Lipinski definition) is 5. The molecule has 0 saturated heterocycles. The van der Waals surface area contributed by atoms with Gasteiger partial charge in [0.2, 0.25) is 0 Å². The molecule has 1 rings (SSSR count). The maximum atomic E-state index is 10.7. The third kappa shape index (κ3) is 9.23. The zero-order chi connectivity index (χ0) is 14.8. The molecule has 6 nitrogen and oxygen atoms in total. The maximum absolute atomic E-state index is 10.7. The van der Waals surface area contributed by atoms with E-state index in [-0.39, 0.29) is 17.7 Å². The summed E-state index contributed by atoms with van der Waals surface area (Å²) < 4.78 is 9.36. The number of ketones is 1. The zero-order valence-corrected chi connectivity index (χ0v) is 13.0. The second-order valence-corrected chi connectivity index (χ2v) is 4.31. The van der Waals surface area contributed by atoms with Gasteiger partial charge in [-0.2, -0.15) is 0 Å². The molecular weight excluding hydrogens is 332 g/mol. The molecule has 0 atom stereocenters. The van der Waals surface area contributed by atoms with Crippen molar-refractivity contribution < 1.29 is 29.3 Å². The molecule has 7 heteroatoms.